The van der Waals surface area contributed by atoms with Crippen LogP contribution in [-0.4, -0.2) is 11.7 Å². The molecule has 1 amide bonds. The van der Waals surface area contributed by atoms with Crippen LogP contribution in [0.3, 0.4) is 0 Å². The first-order valence-electron chi connectivity index (χ1n) is 6.19. The van der Waals surface area contributed by atoms with Gasteiger partial charge in [-0.2, -0.15) is 0 Å². The van der Waals surface area contributed by atoms with E-state index in [1.807, 2.05) is 31.2 Å². The molecular weight excluding hydrogens is 372 g/mol. The third kappa shape index (κ3) is 4.66. The van der Waals surface area contributed by atoms with Crippen LogP contribution in [0.1, 0.15) is 5.56 Å². The number of carbonyl (C=O) groups excluding carboxylic acids is 1. The van der Waals surface area contributed by atoms with Crippen molar-refractivity contribution in [1.29, 1.82) is 0 Å². The quantitative estimate of drug-likeness (QED) is 0.591. The summed E-state index contributed by atoms with van der Waals surface area (Å²) in [6.45, 7) is 1.99. The molecule has 6 heteroatoms. The van der Waals surface area contributed by atoms with Crippen LogP contribution in [0.25, 0.3) is 0 Å². The lowest BCUT2D eigenvalue weighted by Crippen LogP contribution is -2.14. The molecule has 0 bridgehead atoms. The minimum atomic E-state index is -0.106. The molecule has 2 rings (SSSR count). The molecule has 0 aromatic heterocycles. The highest BCUT2D eigenvalue weighted by Crippen LogP contribution is 2.27. The Hall–Kier alpha value is -1.17. The average molecular weight is 386 g/mol. The number of anilines is 2. The van der Waals surface area contributed by atoms with E-state index in [9.17, 15) is 4.79 Å². The number of carbonyl (C=O) groups is 1. The maximum Gasteiger partial charge on any atom is 0.234 e. The zero-order valence-electron chi connectivity index (χ0n) is 11.3. The van der Waals surface area contributed by atoms with Gasteiger partial charge in [-0.15, -0.1) is 11.8 Å². The van der Waals surface area contributed by atoms with Gasteiger partial charge in [-0.05, 0) is 42.8 Å². The number of benzene rings is 2. The van der Waals surface area contributed by atoms with Crippen LogP contribution in [0.4, 0.5) is 11.4 Å². The SMILES string of the molecule is Cc1ccc(N)cc1SCC(=O)Nc1ccc(Br)cc1Cl. The lowest BCUT2D eigenvalue weighted by molar-refractivity contribution is -0.113. The van der Waals surface area contributed by atoms with Crippen LogP contribution in [-0.2, 0) is 4.79 Å². The van der Waals surface area contributed by atoms with Gasteiger partial charge in [0.2, 0.25) is 5.91 Å². The van der Waals surface area contributed by atoms with E-state index >= 15 is 0 Å². The fourth-order valence-electron chi connectivity index (χ4n) is 1.69. The lowest BCUT2D eigenvalue weighted by atomic mass is 10.2. The van der Waals surface area contributed by atoms with Crippen LogP contribution in [0.15, 0.2) is 45.8 Å². The highest BCUT2D eigenvalue weighted by atomic mass is 79.9. The van der Waals surface area contributed by atoms with Crippen molar-refractivity contribution >= 4 is 56.6 Å². The van der Waals surface area contributed by atoms with Crippen molar-refractivity contribution in [3.8, 4) is 0 Å². The molecule has 2 aromatic rings. The number of rotatable bonds is 4. The maximum absolute atomic E-state index is 12.0. The van der Waals surface area contributed by atoms with Crippen LogP contribution >= 0.6 is 39.3 Å². The van der Waals surface area contributed by atoms with Crippen LogP contribution in [0.5, 0.6) is 0 Å². The van der Waals surface area contributed by atoms with E-state index in [0.717, 1.165) is 14.9 Å². The Balaban J connectivity index is 1.97. The van der Waals surface area contributed by atoms with Crippen molar-refractivity contribution in [3.63, 3.8) is 0 Å². The molecule has 0 saturated carbocycles. The summed E-state index contributed by atoms with van der Waals surface area (Å²) in [6, 6.07) is 11.0. The monoisotopic (exact) mass is 384 g/mol. The van der Waals surface area contributed by atoms with Crippen molar-refractivity contribution < 1.29 is 4.79 Å². The highest BCUT2D eigenvalue weighted by molar-refractivity contribution is 9.10. The molecule has 3 nitrogen and oxygen atoms in total. The molecule has 21 heavy (non-hydrogen) atoms. The summed E-state index contributed by atoms with van der Waals surface area (Å²) in [5, 5.41) is 3.30. The van der Waals surface area contributed by atoms with E-state index in [-0.39, 0.29) is 5.91 Å². The Morgan fingerprint density at radius 1 is 1.33 bits per heavy atom. The highest BCUT2D eigenvalue weighted by Gasteiger charge is 2.08. The molecule has 0 fully saturated rings. The number of aryl methyl sites for hydroxylation is 1. The number of hydrogen-bond acceptors (Lipinski definition) is 3. The van der Waals surface area contributed by atoms with Crippen LogP contribution in [0.2, 0.25) is 5.02 Å². The maximum atomic E-state index is 12.0. The molecule has 0 saturated heterocycles. The van der Waals surface area contributed by atoms with Gasteiger partial charge < -0.3 is 11.1 Å². The van der Waals surface area contributed by atoms with Crippen molar-refractivity contribution in [1.82, 2.24) is 0 Å². The zero-order valence-corrected chi connectivity index (χ0v) is 14.5. The summed E-state index contributed by atoms with van der Waals surface area (Å²) in [5.41, 5.74) is 8.16. The van der Waals surface area contributed by atoms with Crippen molar-refractivity contribution in [2.45, 2.75) is 11.8 Å². The van der Waals surface area contributed by atoms with Gasteiger partial charge in [-0.3, -0.25) is 4.79 Å². The van der Waals surface area contributed by atoms with E-state index in [1.165, 1.54) is 11.8 Å². The zero-order chi connectivity index (χ0) is 15.4. The second kappa shape index (κ2) is 7.20. The third-order valence-corrected chi connectivity index (χ3v) is 4.74. The van der Waals surface area contributed by atoms with Crippen molar-refractivity contribution in [3.05, 3.63) is 51.5 Å². The molecule has 0 spiro atoms. The smallest absolute Gasteiger partial charge is 0.234 e. The number of thioether (sulfide) groups is 1. The van der Waals surface area contributed by atoms with Crippen molar-refractivity contribution in [2.24, 2.45) is 0 Å². The molecule has 0 aliphatic heterocycles. The number of nitrogens with two attached hydrogens (primary N) is 1. The molecule has 0 heterocycles. The van der Waals surface area contributed by atoms with E-state index in [4.69, 9.17) is 17.3 Å². The molecule has 2 aromatic carbocycles. The number of halogens is 2. The second-order valence-electron chi connectivity index (χ2n) is 4.49. The summed E-state index contributed by atoms with van der Waals surface area (Å²) in [5.74, 6) is 0.197. The number of hydrogen-bond donors (Lipinski definition) is 2. The van der Waals surface area contributed by atoms with Gasteiger partial charge in [0, 0.05) is 15.1 Å². The van der Waals surface area contributed by atoms with E-state index in [0.29, 0.717) is 22.2 Å². The first kappa shape index (κ1) is 16.2. The molecule has 0 radical (unpaired) electrons. The Labute approximate surface area is 141 Å². The van der Waals surface area contributed by atoms with Gasteiger partial charge in [0.1, 0.15) is 0 Å². The van der Waals surface area contributed by atoms with Gasteiger partial charge in [0.25, 0.3) is 0 Å². The average Bonchev–Trinajstić information content (AvgIpc) is 2.43. The van der Waals surface area contributed by atoms with Gasteiger partial charge in [-0.25, -0.2) is 0 Å². The van der Waals surface area contributed by atoms with Gasteiger partial charge in [0.05, 0.1) is 16.5 Å². The van der Waals surface area contributed by atoms with E-state index < -0.39 is 0 Å². The standard InChI is InChI=1S/C15H14BrClN2OS/c1-9-2-4-11(18)7-14(9)21-8-15(20)19-13-5-3-10(16)6-12(13)17/h2-7H,8,18H2,1H3,(H,19,20). The fourth-order valence-corrected chi connectivity index (χ4v) is 3.29. The largest absolute Gasteiger partial charge is 0.399 e. The lowest BCUT2D eigenvalue weighted by Gasteiger charge is -2.09. The first-order valence-corrected chi connectivity index (χ1v) is 8.35. The Morgan fingerprint density at radius 3 is 2.81 bits per heavy atom. The molecule has 3 N–H and O–H groups in total. The summed E-state index contributed by atoms with van der Waals surface area (Å²) >= 11 is 10.8. The second-order valence-corrected chi connectivity index (χ2v) is 6.83. The summed E-state index contributed by atoms with van der Waals surface area (Å²) < 4.78 is 0.871. The summed E-state index contributed by atoms with van der Waals surface area (Å²) in [6.07, 6.45) is 0. The number of nitrogen functional groups attached to an aromatic ring is 1. The summed E-state index contributed by atoms with van der Waals surface area (Å²) in [7, 11) is 0. The van der Waals surface area contributed by atoms with Crippen molar-refractivity contribution in [2.75, 3.05) is 16.8 Å². The number of nitrogens with one attached hydrogen (secondary N) is 1. The minimum Gasteiger partial charge on any atom is -0.399 e. The van der Waals surface area contributed by atoms with E-state index in [2.05, 4.69) is 21.2 Å². The Kier molecular flexibility index (Phi) is 5.56. The minimum absolute atomic E-state index is 0.106. The summed E-state index contributed by atoms with van der Waals surface area (Å²) in [4.78, 5) is 13.0. The topological polar surface area (TPSA) is 55.1 Å². The van der Waals surface area contributed by atoms with Gasteiger partial charge >= 0.3 is 0 Å². The molecule has 0 aliphatic carbocycles. The molecule has 0 aliphatic rings. The third-order valence-electron chi connectivity index (χ3n) is 2.78. The predicted molar refractivity (Wildman–Crippen MR) is 94.1 cm³/mol. The first-order chi connectivity index (χ1) is 9.95. The Morgan fingerprint density at radius 2 is 2.10 bits per heavy atom. The molecule has 0 atom stereocenters. The molecule has 110 valence electrons. The van der Waals surface area contributed by atoms with Crippen LogP contribution in [0, 0.1) is 6.92 Å². The Bertz CT molecular complexity index is 679. The number of amides is 1. The van der Waals surface area contributed by atoms with E-state index in [1.54, 1.807) is 12.1 Å². The molecular formula is C15H14BrClN2OS. The normalized spacial score (nSPS) is 10.4. The molecule has 0 unspecified atom stereocenters. The van der Waals surface area contributed by atoms with Gasteiger partial charge in [0.15, 0.2) is 0 Å². The predicted octanol–water partition coefficient (Wildman–Crippen LogP) is 4.72. The fraction of sp³-hybridized carbons (Fsp3) is 0.133. The van der Waals surface area contributed by atoms with Gasteiger partial charge in [-0.1, -0.05) is 33.6 Å². The van der Waals surface area contributed by atoms with Crippen LogP contribution < -0.4 is 11.1 Å².